The molecule has 1 saturated heterocycles. The predicted octanol–water partition coefficient (Wildman–Crippen LogP) is 3.25. The van der Waals surface area contributed by atoms with Gasteiger partial charge >= 0.3 is 6.18 Å². The van der Waals surface area contributed by atoms with Gasteiger partial charge in [-0.05, 0) is 30.9 Å². The molecule has 2 rings (SSSR count). The highest BCUT2D eigenvalue weighted by molar-refractivity contribution is 7.98. The number of halogens is 4. The highest BCUT2D eigenvalue weighted by atomic mass is 35.5. The number of thioether (sulfide) groups is 1. The Morgan fingerprint density at radius 2 is 2.27 bits per heavy atom. The van der Waals surface area contributed by atoms with Crippen LogP contribution in [-0.2, 0) is 6.18 Å². The first kappa shape index (κ1) is 21.0. The third kappa shape index (κ3) is 5.84. The lowest BCUT2D eigenvalue weighted by Crippen LogP contribution is -2.45. The van der Waals surface area contributed by atoms with Crippen molar-refractivity contribution in [3.63, 3.8) is 0 Å². The third-order valence-corrected chi connectivity index (χ3v) is 4.99. The number of nitrogens with zero attached hydrogens (tertiary/aromatic N) is 3. The van der Waals surface area contributed by atoms with E-state index in [9.17, 15) is 13.2 Å². The van der Waals surface area contributed by atoms with Crippen molar-refractivity contribution in [2.75, 3.05) is 43.6 Å². The van der Waals surface area contributed by atoms with Gasteiger partial charge in [0.05, 0.1) is 10.6 Å². The molecule has 0 aliphatic carbocycles. The van der Waals surface area contributed by atoms with Crippen molar-refractivity contribution in [3.8, 4) is 0 Å². The maximum atomic E-state index is 12.7. The number of aromatic nitrogens is 1. The second-order valence-corrected chi connectivity index (χ2v) is 7.34. The molecule has 0 spiro atoms. The highest BCUT2D eigenvalue weighted by Crippen LogP contribution is 2.34. The normalized spacial score (nSPS) is 18.3. The van der Waals surface area contributed by atoms with Crippen LogP contribution >= 0.6 is 23.4 Å². The van der Waals surface area contributed by atoms with E-state index in [1.807, 2.05) is 4.90 Å². The van der Waals surface area contributed by atoms with Gasteiger partial charge in [0, 0.05) is 38.9 Å². The molecule has 0 aromatic carbocycles. The fourth-order valence-corrected chi connectivity index (χ4v) is 3.42. The monoisotopic (exact) mass is 409 g/mol. The smallest absolute Gasteiger partial charge is 0.356 e. The number of rotatable bonds is 6. The van der Waals surface area contributed by atoms with Crippen molar-refractivity contribution in [2.24, 2.45) is 4.99 Å². The lowest BCUT2D eigenvalue weighted by atomic mass is 10.2. The number of hydrogen-bond donors (Lipinski definition) is 2. The van der Waals surface area contributed by atoms with Crippen LogP contribution in [0.4, 0.5) is 19.0 Å². The van der Waals surface area contributed by atoms with Crippen LogP contribution in [0.1, 0.15) is 18.4 Å². The van der Waals surface area contributed by atoms with Crippen molar-refractivity contribution in [1.29, 1.82) is 0 Å². The fraction of sp³-hybridized carbons (Fsp3) is 0.625. The van der Waals surface area contributed by atoms with E-state index in [1.165, 1.54) is 0 Å². The molecule has 1 aliphatic heterocycles. The number of guanidine groups is 1. The van der Waals surface area contributed by atoms with Gasteiger partial charge in [-0.15, -0.1) is 0 Å². The summed E-state index contributed by atoms with van der Waals surface area (Å²) in [6.45, 7) is 2.10. The molecule has 0 bridgehead atoms. The van der Waals surface area contributed by atoms with E-state index in [2.05, 4.69) is 26.9 Å². The molecule has 1 aromatic rings. The van der Waals surface area contributed by atoms with Gasteiger partial charge in [-0.2, -0.15) is 24.9 Å². The summed E-state index contributed by atoms with van der Waals surface area (Å²) in [7, 11) is 1.71. The molecular weight excluding hydrogens is 387 g/mol. The Kier molecular flexibility index (Phi) is 7.69. The van der Waals surface area contributed by atoms with Crippen LogP contribution in [0, 0.1) is 0 Å². The zero-order valence-electron chi connectivity index (χ0n) is 14.7. The summed E-state index contributed by atoms with van der Waals surface area (Å²) in [5.41, 5.74) is -0.838. The summed E-state index contributed by atoms with van der Waals surface area (Å²) in [6.07, 6.45) is 0.321. The molecule has 1 aliphatic rings. The Morgan fingerprint density at radius 1 is 1.50 bits per heavy atom. The molecule has 2 N–H and O–H groups in total. The van der Waals surface area contributed by atoms with E-state index in [0.29, 0.717) is 18.9 Å². The first-order valence-corrected chi connectivity index (χ1v) is 10.1. The SMILES string of the molecule is CN=C(NCCCSC)NC1CCN(c2ncc(C(F)(F)F)cc2Cl)C1. The average molecular weight is 410 g/mol. The van der Waals surface area contributed by atoms with Crippen molar-refractivity contribution in [1.82, 2.24) is 15.6 Å². The number of aliphatic imine (C=N–C) groups is 1. The summed E-state index contributed by atoms with van der Waals surface area (Å²) in [5, 5.41) is 6.61. The van der Waals surface area contributed by atoms with Gasteiger partial charge in [0.1, 0.15) is 5.82 Å². The lowest BCUT2D eigenvalue weighted by Gasteiger charge is -2.21. The Hall–Kier alpha value is -1.35. The zero-order valence-corrected chi connectivity index (χ0v) is 16.3. The van der Waals surface area contributed by atoms with Crippen molar-refractivity contribution >= 4 is 35.1 Å². The van der Waals surface area contributed by atoms with Gasteiger partial charge in [-0.1, -0.05) is 11.6 Å². The van der Waals surface area contributed by atoms with Crippen LogP contribution in [0.15, 0.2) is 17.3 Å². The summed E-state index contributed by atoms with van der Waals surface area (Å²) >= 11 is 7.83. The van der Waals surface area contributed by atoms with Crippen LogP contribution in [0.25, 0.3) is 0 Å². The summed E-state index contributed by atoms with van der Waals surface area (Å²) < 4.78 is 38.2. The number of nitrogens with one attached hydrogen (secondary N) is 2. The molecule has 1 unspecified atom stereocenters. The molecule has 2 heterocycles. The minimum absolute atomic E-state index is 0.0139. The van der Waals surface area contributed by atoms with E-state index in [4.69, 9.17) is 11.6 Å². The Morgan fingerprint density at radius 3 is 2.88 bits per heavy atom. The fourth-order valence-electron chi connectivity index (χ4n) is 2.70. The predicted molar refractivity (Wildman–Crippen MR) is 102 cm³/mol. The second kappa shape index (κ2) is 9.55. The van der Waals surface area contributed by atoms with Crippen LogP contribution in [0.3, 0.4) is 0 Å². The number of pyridine rings is 1. The molecular formula is C16H23ClF3N5S. The van der Waals surface area contributed by atoms with Gasteiger partial charge in [0.25, 0.3) is 0 Å². The van der Waals surface area contributed by atoms with Gasteiger partial charge in [-0.3, -0.25) is 4.99 Å². The zero-order chi connectivity index (χ0) is 19.2. The van der Waals surface area contributed by atoms with Crippen molar-refractivity contribution < 1.29 is 13.2 Å². The van der Waals surface area contributed by atoms with Gasteiger partial charge in [0.2, 0.25) is 0 Å². The van der Waals surface area contributed by atoms with E-state index >= 15 is 0 Å². The first-order chi connectivity index (χ1) is 12.3. The standard InChI is InChI=1S/C16H23ClF3N5S/c1-21-15(22-5-3-7-26-2)24-12-4-6-25(10-12)14-13(17)8-11(9-23-14)16(18,19)20/h8-9,12H,3-7,10H2,1-2H3,(H2,21,22,24). The van der Waals surface area contributed by atoms with Crippen molar-refractivity contribution in [3.05, 3.63) is 22.8 Å². The molecule has 1 fully saturated rings. The number of hydrogen-bond acceptors (Lipinski definition) is 4. The van der Waals surface area contributed by atoms with E-state index in [1.54, 1.807) is 18.8 Å². The molecule has 0 saturated carbocycles. The summed E-state index contributed by atoms with van der Waals surface area (Å²) in [5.74, 6) is 2.19. The molecule has 5 nitrogen and oxygen atoms in total. The molecule has 1 aromatic heterocycles. The van der Waals surface area contributed by atoms with Crippen LogP contribution in [0.2, 0.25) is 5.02 Å². The van der Waals surface area contributed by atoms with E-state index in [0.717, 1.165) is 43.4 Å². The molecule has 146 valence electrons. The second-order valence-electron chi connectivity index (χ2n) is 5.95. The van der Waals surface area contributed by atoms with E-state index < -0.39 is 11.7 Å². The maximum absolute atomic E-state index is 12.7. The lowest BCUT2D eigenvalue weighted by molar-refractivity contribution is -0.137. The van der Waals surface area contributed by atoms with Crippen LogP contribution in [-0.4, -0.2) is 55.7 Å². The van der Waals surface area contributed by atoms with Gasteiger partial charge < -0.3 is 15.5 Å². The van der Waals surface area contributed by atoms with Crippen LogP contribution < -0.4 is 15.5 Å². The minimum atomic E-state index is -4.45. The molecule has 0 amide bonds. The molecule has 0 radical (unpaired) electrons. The van der Waals surface area contributed by atoms with E-state index in [-0.39, 0.29) is 11.1 Å². The first-order valence-electron chi connectivity index (χ1n) is 8.29. The van der Waals surface area contributed by atoms with Crippen molar-refractivity contribution in [2.45, 2.75) is 25.1 Å². The minimum Gasteiger partial charge on any atom is -0.356 e. The quantitative estimate of drug-likeness (QED) is 0.429. The average Bonchev–Trinajstić information content (AvgIpc) is 3.05. The van der Waals surface area contributed by atoms with Gasteiger partial charge in [0.15, 0.2) is 5.96 Å². The number of anilines is 1. The third-order valence-electron chi connectivity index (χ3n) is 4.02. The van der Waals surface area contributed by atoms with Crippen LogP contribution in [0.5, 0.6) is 0 Å². The summed E-state index contributed by atoms with van der Waals surface area (Å²) in [4.78, 5) is 10.0. The largest absolute Gasteiger partial charge is 0.417 e. The van der Waals surface area contributed by atoms with Gasteiger partial charge in [-0.25, -0.2) is 4.98 Å². The molecule has 26 heavy (non-hydrogen) atoms. The Labute approximate surface area is 160 Å². The summed E-state index contributed by atoms with van der Waals surface area (Å²) in [6, 6.07) is 1.05. The number of alkyl halides is 3. The Balaban J connectivity index is 1.91. The topological polar surface area (TPSA) is 52.6 Å². The Bertz CT molecular complexity index is 626. The maximum Gasteiger partial charge on any atom is 0.417 e. The highest BCUT2D eigenvalue weighted by Gasteiger charge is 2.33. The molecule has 1 atom stereocenters. The molecule has 10 heteroatoms.